The third-order valence-electron chi connectivity index (χ3n) is 1.85. The van der Waals surface area contributed by atoms with E-state index >= 15 is 0 Å². The lowest BCUT2D eigenvalue weighted by atomic mass is 10.1. The van der Waals surface area contributed by atoms with Gasteiger partial charge in [0.1, 0.15) is 16.7 Å². The third-order valence-corrected chi connectivity index (χ3v) is 2.18. The minimum atomic E-state index is -0.780. The highest BCUT2D eigenvalue weighted by Gasteiger charge is 2.16. The van der Waals surface area contributed by atoms with Crippen LogP contribution in [-0.4, -0.2) is 0 Å². The summed E-state index contributed by atoms with van der Waals surface area (Å²) < 4.78 is 26.0. The third kappa shape index (κ3) is 1.14. The predicted molar refractivity (Wildman–Crippen MR) is 45.3 cm³/mol. The van der Waals surface area contributed by atoms with Crippen molar-refractivity contribution in [3.05, 3.63) is 27.8 Å². The molecule has 66 valence electrons. The Labute approximate surface area is 74.1 Å². The quantitative estimate of drug-likeness (QED) is 0.495. The van der Waals surface area contributed by atoms with Gasteiger partial charge in [0.15, 0.2) is 0 Å². The minimum Gasteiger partial charge on any atom is -0.398 e. The van der Waals surface area contributed by atoms with Crippen LogP contribution in [-0.2, 0) is 0 Å². The molecule has 0 aliphatic carbocycles. The Morgan fingerprint density at radius 3 is 1.75 bits per heavy atom. The maximum atomic E-state index is 13.0. The highest BCUT2D eigenvalue weighted by molar-refractivity contribution is 6.31. The van der Waals surface area contributed by atoms with Crippen molar-refractivity contribution in [1.29, 1.82) is 0 Å². The van der Waals surface area contributed by atoms with Gasteiger partial charge in [-0.05, 0) is 13.8 Å². The van der Waals surface area contributed by atoms with Crippen molar-refractivity contribution in [2.24, 2.45) is 0 Å². The van der Waals surface area contributed by atoms with E-state index in [1.165, 1.54) is 13.8 Å². The molecule has 2 N–H and O–H groups in total. The predicted octanol–water partition coefficient (Wildman–Crippen LogP) is 2.82. The van der Waals surface area contributed by atoms with Crippen molar-refractivity contribution in [2.45, 2.75) is 13.8 Å². The average Bonchev–Trinajstić information content (AvgIpc) is 2.08. The standard InChI is InChI=1S/C8H8ClF2N/c1-3-6(10)5(9)7(11)4(2)8(3)12/h12H2,1-2H3. The van der Waals surface area contributed by atoms with Crippen molar-refractivity contribution in [1.82, 2.24) is 0 Å². The lowest BCUT2D eigenvalue weighted by Crippen LogP contribution is -2.01. The summed E-state index contributed by atoms with van der Waals surface area (Å²) in [4.78, 5) is 0. The first-order chi connectivity index (χ1) is 5.46. The fourth-order valence-corrected chi connectivity index (χ4v) is 1.23. The van der Waals surface area contributed by atoms with E-state index in [1.807, 2.05) is 0 Å². The summed E-state index contributed by atoms with van der Waals surface area (Å²) in [5.74, 6) is -1.56. The summed E-state index contributed by atoms with van der Waals surface area (Å²) in [6.45, 7) is 2.92. The number of hydrogen-bond acceptors (Lipinski definition) is 1. The van der Waals surface area contributed by atoms with Gasteiger partial charge in [0.2, 0.25) is 0 Å². The maximum absolute atomic E-state index is 13.0. The molecule has 0 saturated carbocycles. The summed E-state index contributed by atoms with van der Waals surface area (Å²) in [5, 5.41) is -0.487. The van der Waals surface area contributed by atoms with Gasteiger partial charge >= 0.3 is 0 Å². The van der Waals surface area contributed by atoms with E-state index in [0.29, 0.717) is 0 Å². The Morgan fingerprint density at radius 1 is 1.08 bits per heavy atom. The Morgan fingerprint density at radius 2 is 1.42 bits per heavy atom. The second kappa shape index (κ2) is 2.90. The minimum absolute atomic E-state index is 0.120. The zero-order chi connectivity index (χ0) is 9.46. The van der Waals surface area contributed by atoms with Crippen LogP contribution in [0.3, 0.4) is 0 Å². The van der Waals surface area contributed by atoms with Gasteiger partial charge in [-0.25, -0.2) is 8.78 Å². The van der Waals surface area contributed by atoms with Gasteiger partial charge in [0, 0.05) is 16.8 Å². The van der Waals surface area contributed by atoms with Gasteiger partial charge in [-0.15, -0.1) is 0 Å². The topological polar surface area (TPSA) is 26.0 Å². The molecular formula is C8H8ClF2N. The number of benzene rings is 1. The Balaban J connectivity index is 3.60. The van der Waals surface area contributed by atoms with Crippen LogP contribution < -0.4 is 5.73 Å². The van der Waals surface area contributed by atoms with E-state index in [1.54, 1.807) is 0 Å². The highest BCUT2D eigenvalue weighted by Crippen LogP contribution is 2.29. The van der Waals surface area contributed by atoms with Crippen LogP contribution >= 0.6 is 11.6 Å². The smallest absolute Gasteiger partial charge is 0.149 e. The van der Waals surface area contributed by atoms with Gasteiger partial charge in [0.05, 0.1) is 0 Å². The first kappa shape index (κ1) is 9.26. The van der Waals surface area contributed by atoms with Crippen LogP contribution in [0.4, 0.5) is 14.5 Å². The molecule has 0 spiro atoms. The van der Waals surface area contributed by atoms with Crippen LogP contribution in [0.5, 0.6) is 0 Å². The fraction of sp³-hybridized carbons (Fsp3) is 0.250. The number of nitrogens with two attached hydrogens (primary N) is 1. The van der Waals surface area contributed by atoms with Gasteiger partial charge in [-0.1, -0.05) is 11.6 Å². The molecule has 0 unspecified atom stereocenters. The zero-order valence-electron chi connectivity index (χ0n) is 6.71. The van der Waals surface area contributed by atoms with E-state index < -0.39 is 16.7 Å². The van der Waals surface area contributed by atoms with Crippen molar-refractivity contribution in [3.63, 3.8) is 0 Å². The SMILES string of the molecule is Cc1c(N)c(C)c(F)c(Cl)c1F. The molecule has 1 rings (SSSR count). The van der Waals surface area contributed by atoms with Crippen molar-refractivity contribution >= 4 is 17.3 Å². The normalized spacial score (nSPS) is 10.4. The lowest BCUT2D eigenvalue weighted by molar-refractivity contribution is 0.574. The molecule has 0 radical (unpaired) electrons. The fourth-order valence-electron chi connectivity index (χ4n) is 0.943. The van der Waals surface area contributed by atoms with Crippen molar-refractivity contribution < 1.29 is 8.78 Å². The molecule has 0 bridgehead atoms. The van der Waals surface area contributed by atoms with Gasteiger partial charge in [-0.3, -0.25) is 0 Å². The maximum Gasteiger partial charge on any atom is 0.149 e. The Kier molecular flexibility index (Phi) is 2.24. The number of hydrogen-bond donors (Lipinski definition) is 1. The first-order valence-electron chi connectivity index (χ1n) is 3.36. The molecule has 1 nitrogen and oxygen atoms in total. The molecule has 0 amide bonds. The molecule has 0 saturated heterocycles. The van der Waals surface area contributed by atoms with E-state index in [0.717, 1.165) is 0 Å². The zero-order valence-corrected chi connectivity index (χ0v) is 7.47. The highest BCUT2D eigenvalue weighted by atomic mass is 35.5. The van der Waals surface area contributed by atoms with Crippen LogP contribution in [0, 0.1) is 25.5 Å². The van der Waals surface area contributed by atoms with E-state index in [4.69, 9.17) is 17.3 Å². The molecule has 12 heavy (non-hydrogen) atoms. The average molecular weight is 192 g/mol. The summed E-state index contributed by atoms with van der Waals surface area (Å²) in [6, 6.07) is 0. The monoisotopic (exact) mass is 191 g/mol. The second-order valence-corrected chi connectivity index (χ2v) is 2.98. The van der Waals surface area contributed by atoms with Crippen molar-refractivity contribution in [3.8, 4) is 0 Å². The number of rotatable bonds is 0. The van der Waals surface area contributed by atoms with Crippen LogP contribution in [0.2, 0.25) is 5.02 Å². The summed E-state index contributed by atoms with van der Waals surface area (Å²) in [6.07, 6.45) is 0. The van der Waals surface area contributed by atoms with E-state index in [2.05, 4.69) is 0 Å². The van der Waals surface area contributed by atoms with Gasteiger partial charge in [0.25, 0.3) is 0 Å². The van der Waals surface area contributed by atoms with Gasteiger partial charge < -0.3 is 5.73 Å². The first-order valence-corrected chi connectivity index (χ1v) is 3.73. The second-order valence-electron chi connectivity index (χ2n) is 2.61. The molecule has 0 aliphatic rings. The lowest BCUT2D eigenvalue weighted by Gasteiger charge is -2.08. The van der Waals surface area contributed by atoms with E-state index in [9.17, 15) is 8.78 Å². The van der Waals surface area contributed by atoms with E-state index in [-0.39, 0.29) is 16.8 Å². The number of anilines is 1. The number of halogens is 3. The largest absolute Gasteiger partial charge is 0.398 e. The molecule has 0 aromatic heterocycles. The Bertz CT molecular complexity index is 231. The summed E-state index contributed by atoms with van der Waals surface area (Å²) in [5.41, 5.74) is 5.92. The molecule has 0 atom stereocenters. The molecule has 0 aliphatic heterocycles. The number of nitrogen functional groups attached to an aromatic ring is 1. The molecule has 4 heteroatoms. The Hall–Kier alpha value is -0.830. The molecule has 1 aromatic rings. The van der Waals surface area contributed by atoms with Crippen LogP contribution in [0.25, 0.3) is 0 Å². The molecular weight excluding hydrogens is 184 g/mol. The van der Waals surface area contributed by atoms with Crippen LogP contribution in [0.15, 0.2) is 0 Å². The molecule has 0 heterocycles. The summed E-state index contributed by atoms with van der Waals surface area (Å²) >= 11 is 5.35. The van der Waals surface area contributed by atoms with Crippen molar-refractivity contribution in [2.75, 3.05) is 5.73 Å². The summed E-state index contributed by atoms with van der Waals surface area (Å²) in [7, 11) is 0. The molecule has 1 aromatic carbocycles. The van der Waals surface area contributed by atoms with Gasteiger partial charge in [-0.2, -0.15) is 0 Å². The van der Waals surface area contributed by atoms with Crippen LogP contribution in [0.1, 0.15) is 11.1 Å². The molecule has 0 fully saturated rings.